The van der Waals surface area contributed by atoms with E-state index in [-0.39, 0.29) is 12.4 Å². The highest BCUT2D eigenvalue weighted by molar-refractivity contribution is 5.39. The molecule has 0 bridgehead atoms. The van der Waals surface area contributed by atoms with Gasteiger partial charge in [0.05, 0.1) is 6.54 Å². The lowest BCUT2D eigenvalue weighted by Gasteiger charge is -2.10. The molecule has 108 valence electrons. The van der Waals surface area contributed by atoms with Crippen LogP contribution in [0.2, 0.25) is 0 Å². The quantitative estimate of drug-likeness (QED) is 0.877. The van der Waals surface area contributed by atoms with Crippen LogP contribution in [-0.2, 0) is 6.61 Å². The van der Waals surface area contributed by atoms with Crippen LogP contribution in [0, 0.1) is 31.5 Å². The molecule has 0 fully saturated rings. The largest absolute Gasteiger partial charge is 0.489 e. The van der Waals surface area contributed by atoms with Crippen molar-refractivity contribution < 1.29 is 9.13 Å². The zero-order valence-corrected chi connectivity index (χ0v) is 12.2. The van der Waals surface area contributed by atoms with Crippen molar-refractivity contribution in [3.8, 4) is 17.6 Å². The van der Waals surface area contributed by atoms with Gasteiger partial charge in [-0.15, -0.1) is 0 Å². The van der Waals surface area contributed by atoms with Crippen LogP contribution in [0.1, 0.15) is 22.3 Å². The molecule has 0 aliphatic carbocycles. The van der Waals surface area contributed by atoms with Crippen molar-refractivity contribution in [3.05, 3.63) is 64.5 Å². The van der Waals surface area contributed by atoms with Crippen LogP contribution in [0.3, 0.4) is 0 Å². The molecule has 0 saturated heterocycles. The molecule has 2 N–H and O–H groups in total. The third-order valence-corrected chi connectivity index (χ3v) is 3.03. The highest BCUT2D eigenvalue weighted by Crippen LogP contribution is 2.21. The average Bonchev–Trinajstić information content (AvgIpc) is 2.45. The first-order chi connectivity index (χ1) is 10.1. The van der Waals surface area contributed by atoms with Crippen molar-refractivity contribution >= 4 is 0 Å². The van der Waals surface area contributed by atoms with E-state index >= 15 is 0 Å². The number of nitrogens with two attached hydrogens (primary N) is 1. The van der Waals surface area contributed by atoms with Crippen LogP contribution in [0.4, 0.5) is 4.39 Å². The Morgan fingerprint density at radius 1 is 1.14 bits per heavy atom. The van der Waals surface area contributed by atoms with Crippen molar-refractivity contribution in [2.45, 2.75) is 20.5 Å². The van der Waals surface area contributed by atoms with Crippen LogP contribution in [0.5, 0.6) is 5.75 Å². The van der Waals surface area contributed by atoms with Gasteiger partial charge in [-0.3, -0.25) is 0 Å². The molecule has 0 aromatic heterocycles. The van der Waals surface area contributed by atoms with Gasteiger partial charge in [-0.2, -0.15) is 0 Å². The number of hydrogen-bond acceptors (Lipinski definition) is 2. The maximum Gasteiger partial charge on any atom is 0.124 e. The average molecular weight is 283 g/mol. The van der Waals surface area contributed by atoms with E-state index in [1.165, 1.54) is 12.1 Å². The van der Waals surface area contributed by atoms with Gasteiger partial charge in [0.1, 0.15) is 18.2 Å². The molecule has 0 amide bonds. The molecule has 0 aliphatic heterocycles. The molecular weight excluding hydrogens is 265 g/mol. The fourth-order valence-corrected chi connectivity index (χ4v) is 1.98. The van der Waals surface area contributed by atoms with Gasteiger partial charge in [0.2, 0.25) is 0 Å². The van der Waals surface area contributed by atoms with E-state index in [0.717, 1.165) is 22.4 Å². The molecule has 0 atom stereocenters. The van der Waals surface area contributed by atoms with Gasteiger partial charge in [0.15, 0.2) is 0 Å². The zero-order chi connectivity index (χ0) is 15.2. The van der Waals surface area contributed by atoms with E-state index in [2.05, 4.69) is 11.8 Å². The monoisotopic (exact) mass is 283 g/mol. The minimum atomic E-state index is -0.321. The standard InChI is InChI=1S/C18H18FNO/c1-13-5-6-14(2)18(8-13)21-12-16-9-15(4-3-7-20)10-17(19)11-16/h5-6,8-11H,7,12,20H2,1-2H3. The molecule has 0 spiro atoms. The third-order valence-electron chi connectivity index (χ3n) is 3.03. The Hall–Kier alpha value is -2.31. The van der Waals surface area contributed by atoms with E-state index in [1.807, 2.05) is 38.1 Å². The van der Waals surface area contributed by atoms with Gasteiger partial charge in [0, 0.05) is 5.56 Å². The van der Waals surface area contributed by atoms with Crippen molar-refractivity contribution in [2.75, 3.05) is 6.54 Å². The molecule has 0 aliphatic rings. The van der Waals surface area contributed by atoms with Gasteiger partial charge >= 0.3 is 0 Å². The maximum absolute atomic E-state index is 13.6. The summed E-state index contributed by atoms with van der Waals surface area (Å²) in [6.07, 6.45) is 0. The van der Waals surface area contributed by atoms with E-state index in [9.17, 15) is 4.39 Å². The summed E-state index contributed by atoms with van der Waals surface area (Å²) in [5.74, 6) is 6.05. The Morgan fingerprint density at radius 2 is 1.95 bits per heavy atom. The van der Waals surface area contributed by atoms with E-state index in [1.54, 1.807) is 0 Å². The van der Waals surface area contributed by atoms with Gasteiger partial charge < -0.3 is 10.5 Å². The van der Waals surface area contributed by atoms with Gasteiger partial charge in [-0.25, -0.2) is 4.39 Å². The van der Waals surface area contributed by atoms with Crippen LogP contribution in [-0.4, -0.2) is 6.54 Å². The Bertz CT molecular complexity index is 698. The Labute approximate surface area is 124 Å². The van der Waals surface area contributed by atoms with Gasteiger partial charge in [-0.05, 0) is 54.8 Å². The SMILES string of the molecule is Cc1ccc(C)c(OCc2cc(F)cc(C#CCN)c2)c1. The normalized spacial score (nSPS) is 9.90. The zero-order valence-electron chi connectivity index (χ0n) is 12.2. The fourth-order valence-electron chi connectivity index (χ4n) is 1.98. The maximum atomic E-state index is 13.6. The van der Waals surface area contributed by atoms with Crippen LogP contribution < -0.4 is 10.5 Å². The Kier molecular flexibility index (Phi) is 4.97. The number of benzene rings is 2. The molecule has 21 heavy (non-hydrogen) atoms. The first-order valence-electron chi connectivity index (χ1n) is 6.77. The molecule has 2 rings (SSSR count). The lowest BCUT2D eigenvalue weighted by Crippen LogP contribution is -1.99. The summed E-state index contributed by atoms with van der Waals surface area (Å²) < 4.78 is 19.3. The van der Waals surface area contributed by atoms with Crippen molar-refractivity contribution in [1.82, 2.24) is 0 Å². The molecular formula is C18H18FNO. The Balaban J connectivity index is 2.16. The summed E-state index contributed by atoms with van der Waals surface area (Å²) in [6.45, 7) is 4.55. The Morgan fingerprint density at radius 3 is 2.71 bits per heavy atom. The molecule has 0 heterocycles. The molecule has 2 aromatic rings. The minimum Gasteiger partial charge on any atom is -0.489 e. The first kappa shape index (κ1) is 15.1. The van der Waals surface area contributed by atoms with E-state index < -0.39 is 0 Å². The smallest absolute Gasteiger partial charge is 0.124 e. The summed E-state index contributed by atoms with van der Waals surface area (Å²) >= 11 is 0. The molecule has 2 aromatic carbocycles. The first-order valence-corrected chi connectivity index (χ1v) is 6.77. The molecule has 3 heteroatoms. The van der Waals surface area contributed by atoms with E-state index in [4.69, 9.17) is 10.5 Å². The number of aryl methyl sites for hydroxylation is 2. The topological polar surface area (TPSA) is 35.2 Å². The number of halogens is 1. The van der Waals surface area contributed by atoms with Crippen LogP contribution in [0.15, 0.2) is 36.4 Å². The second kappa shape index (κ2) is 6.92. The van der Waals surface area contributed by atoms with Crippen LogP contribution in [0.25, 0.3) is 0 Å². The lowest BCUT2D eigenvalue weighted by atomic mass is 10.1. The van der Waals surface area contributed by atoms with Crippen molar-refractivity contribution in [3.63, 3.8) is 0 Å². The lowest BCUT2D eigenvalue weighted by molar-refractivity contribution is 0.303. The fraction of sp³-hybridized carbons (Fsp3) is 0.222. The summed E-state index contributed by atoms with van der Waals surface area (Å²) in [5.41, 5.74) is 8.87. The molecule has 0 radical (unpaired) electrons. The predicted molar refractivity (Wildman–Crippen MR) is 82.6 cm³/mol. The predicted octanol–water partition coefficient (Wildman–Crippen LogP) is 3.33. The highest BCUT2D eigenvalue weighted by Gasteiger charge is 2.03. The second-order valence-corrected chi connectivity index (χ2v) is 4.91. The summed E-state index contributed by atoms with van der Waals surface area (Å²) in [5, 5.41) is 0. The molecule has 0 unspecified atom stereocenters. The minimum absolute atomic E-state index is 0.255. The summed E-state index contributed by atoms with van der Waals surface area (Å²) in [6, 6.07) is 10.7. The third kappa shape index (κ3) is 4.34. The summed E-state index contributed by atoms with van der Waals surface area (Å²) in [4.78, 5) is 0. The van der Waals surface area contributed by atoms with Crippen LogP contribution >= 0.6 is 0 Å². The van der Waals surface area contributed by atoms with E-state index in [0.29, 0.717) is 12.2 Å². The van der Waals surface area contributed by atoms with Gasteiger partial charge in [-0.1, -0.05) is 24.0 Å². The highest BCUT2D eigenvalue weighted by atomic mass is 19.1. The molecule has 2 nitrogen and oxygen atoms in total. The van der Waals surface area contributed by atoms with Crippen molar-refractivity contribution in [2.24, 2.45) is 5.73 Å². The number of hydrogen-bond donors (Lipinski definition) is 1. The molecule has 0 saturated carbocycles. The number of rotatable bonds is 3. The second-order valence-electron chi connectivity index (χ2n) is 4.91. The summed E-state index contributed by atoms with van der Waals surface area (Å²) in [7, 11) is 0. The van der Waals surface area contributed by atoms with Gasteiger partial charge in [0.25, 0.3) is 0 Å². The van der Waals surface area contributed by atoms with Crippen molar-refractivity contribution in [1.29, 1.82) is 0 Å². The number of ether oxygens (including phenoxy) is 1.